The third kappa shape index (κ3) is 4.11. The molecule has 0 aliphatic carbocycles. The number of amides is 2. The van der Waals surface area contributed by atoms with E-state index in [0.717, 1.165) is 23.1 Å². The van der Waals surface area contributed by atoms with Gasteiger partial charge in [-0.15, -0.1) is 0 Å². The van der Waals surface area contributed by atoms with Crippen LogP contribution in [0, 0.1) is 5.41 Å². The molecule has 0 aromatic heterocycles. The van der Waals surface area contributed by atoms with Gasteiger partial charge in [0, 0.05) is 33.6 Å². The average Bonchev–Trinajstić information content (AvgIpc) is 3.14. The summed E-state index contributed by atoms with van der Waals surface area (Å²) in [5.74, 6) is 0.273. The highest BCUT2D eigenvalue weighted by Crippen LogP contribution is 2.38. The van der Waals surface area contributed by atoms with Crippen LogP contribution in [0.1, 0.15) is 31.7 Å². The second-order valence-electron chi connectivity index (χ2n) is 8.00. The van der Waals surface area contributed by atoms with Gasteiger partial charge < -0.3 is 9.80 Å². The maximum absolute atomic E-state index is 13.2. The van der Waals surface area contributed by atoms with Crippen molar-refractivity contribution < 1.29 is 9.59 Å². The Morgan fingerprint density at radius 2 is 1.71 bits per heavy atom. The standard InChI is InChI=1S/C24H30N2O2/c1-4-10-22(27)26-16-15-24(18-26,23(28)25(2)3)17-20-13-8-9-14-21(20)19-11-6-5-7-12-19/h5-9,11-14H,4,10,15-18H2,1-3H3/t24-/m0/s1. The van der Waals surface area contributed by atoms with Crippen LogP contribution in [-0.2, 0) is 16.0 Å². The predicted octanol–water partition coefficient (Wildman–Crippen LogP) is 4.00. The van der Waals surface area contributed by atoms with Crippen LogP contribution in [0.5, 0.6) is 0 Å². The van der Waals surface area contributed by atoms with E-state index in [0.29, 0.717) is 32.4 Å². The molecule has 2 aromatic carbocycles. The van der Waals surface area contributed by atoms with Gasteiger partial charge in [-0.25, -0.2) is 0 Å². The van der Waals surface area contributed by atoms with Gasteiger partial charge in [0.2, 0.25) is 11.8 Å². The maximum atomic E-state index is 13.2. The van der Waals surface area contributed by atoms with E-state index < -0.39 is 5.41 Å². The van der Waals surface area contributed by atoms with Crippen LogP contribution >= 0.6 is 0 Å². The molecule has 2 amide bonds. The van der Waals surface area contributed by atoms with Crippen molar-refractivity contribution in [2.24, 2.45) is 5.41 Å². The van der Waals surface area contributed by atoms with E-state index in [1.165, 1.54) is 0 Å². The van der Waals surface area contributed by atoms with Gasteiger partial charge in [-0.1, -0.05) is 61.5 Å². The summed E-state index contributed by atoms with van der Waals surface area (Å²) in [4.78, 5) is 29.3. The van der Waals surface area contributed by atoms with Crippen molar-refractivity contribution in [2.75, 3.05) is 27.2 Å². The lowest BCUT2D eigenvalue weighted by molar-refractivity contribution is -0.139. The summed E-state index contributed by atoms with van der Waals surface area (Å²) in [7, 11) is 3.62. The Morgan fingerprint density at radius 1 is 1.04 bits per heavy atom. The molecule has 0 N–H and O–H groups in total. The predicted molar refractivity (Wildman–Crippen MR) is 113 cm³/mol. The first-order chi connectivity index (χ1) is 13.5. The van der Waals surface area contributed by atoms with Crippen molar-refractivity contribution in [3.8, 4) is 11.1 Å². The molecule has 1 atom stereocenters. The quantitative estimate of drug-likeness (QED) is 0.762. The molecule has 28 heavy (non-hydrogen) atoms. The van der Waals surface area contributed by atoms with Crippen LogP contribution in [0.2, 0.25) is 0 Å². The van der Waals surface area contributed by atoms with Crippen LogP contribution in [0.3, 0.4) is 0 Å². The summed E-state index contributed by atoms with van der Waals surface area (Å²) in [5.41, 5.74) is 2.92. The van der Waals surface area contributed by atoms with Gasteiger partial charge in [-0.05, 0) is 36.0 Å². The minimum Gasteiger partial charge on any atom is -0.348 e. The summed E-state index contributed by atoms with van der Waals surface area (Å²) >= 11 is 0. The molecule has 4 heteroatoms. The van der Waals surface area contributed by atoms with Crippen molar-refractivity contribution in [1.29, 1.82) is 0 Å². The molecule has 4 nitrogen and oxygen atoms in total. The van der Waals surface area contributed by atoms with Crippen LogP contribution < -0.4 is 0 Å². The fourth-order valence-electron chi connectivity index (χ4n) is 4.26. The fraction of sp³-hybridized carbons (Fsp3) is 0.417. The van der Waals surface area contributed by atoms with Gasteiger partial charge in [-0.2, -0.15) is 0 Å². The second-order valence-corrected chi connectivity index (χ2v) is 8.00. The van der Waals surface area contributed by atoms with Crippen molar-refractivity contribution in [1.82, 2.24) is 9.80 Å². The highest BCUT2D eigenvalue weighted by molar-refractivity contribution is 5.86. The third-order valence-electron chi connectivity index (χ3n) is 5.66. The van der Waals surface area contributed by atoms with E-state index >= 15 is 0 Å². The molecule has 1 heterocycles. The van der Waals surface area contributed by atoms with Gasteiger partial charge in [-0.3, -0.25) is 9.59 Å². The zero-order valence-corrected chi connectivity index (χ0v) is 17.1. The molecule has 1 fully saturated rings. The van der Waals surface area contributed by atoms with E-state index in [9.17, 15) is 9.59 Å². The van der Waals surface area contributed by atoms with Gasteiger partial charge in [0.25, 0.3) is 0 Å². The molecule has 0 radical (unpaired) electrons. The Kier molecular flexibility index (Phi) is 6.18. The number of likely N-dealkylation sites (tertiary alicyclic amines) is 1. The molecule has 1 aliphatic rings. The number of nitrogens with zero attached hydrogens (tertiary/aromatic N) is 2. The van der Waals surface area contributed by atoms with E-state index in [1.54, 1.807) is 4.90 Å². The highest BCUT2D eigenvalue weighted by atomic mass is 16.2. The fourth-order valence-corrected chi connectivity index (χ4v) is 4.26. The lowest BCUT2D eigenvalue weighted by Gasteiger charge is -2.32. The second kappa shape index (κ2) is 8.59. The summed E-state index contributed by atoms with van der Waals surface area (Å²) in [6.45, 7) is 3.18. The first kappa shape index (κ1) is 20.1. The van der Waals surface area contributed by atoms with E-state index in [1.807, 2.05) is 56.3 Å². The van der Waals surface area contributed by atoms with Gasteiger partial charge in [0.15, 0.2) is 0 Å². The number of hydrogen-bond donors (Lipinski definition) is 0. The molecular weight excluding hydrogens is 348 g/mol. The van der Waals surface area contributed by atoms with Crippen molar-refractivity contribution >= 4 is 11.8 Å². The molecule has 1 saturated heterocycles. The van der Waals surface area contributed by atoms with Crippen molar-refractivity contribution in [2.45, 2.75) is 32.6 Å². The molecule has 0 spiro atoms. The van der Waals surface area contributed by atoms with Gasteiger partial charge >= 0.3 is 0 Å². The van der Waals surface area contributed by atoms with Gasteiger partial charge in [0.05, 0.1) is 5.41 Å². The number of carbonyl (C=O) groups is 2. The molecular formula is C24H30N2O2. The van der Waals surface area contributed by atoms with Crippen molar-refractivity contribution in [3.63, 3.8) is 0 Å². The Morgan fingerprint density at radius 3 is 2.39 bits per heavy atom. The van der Waals surface area contributed by atoms with Crippen molar-refractivity contribution in [3.05, 3.63) is 60.2 Å². The first-order valence-electron chi connectivity index (χ1n) is 10.1. The summed E-state index contributed by atoms with van der Waals surface area (Å²) in [6, 6.07) is 18.6. The SMILES string of the molecule is CCCC(=O)N1CC[C@@](Cc2ccccc2-c2ccccc2)(C(=O)N(C)C)C1. The van der Waals surface area contributed by atoms with E-state index in [4.69, 9.17) is 0 Å². The molecule has 1 aliphatic heterocycles. The molecule has 0 saturated carbocycles. The smallest absolute Gasteiger partial charge is 0.230 e. The molecule has 0 bridgehead atoms. The maximum Gasteiger partial charge on any atom is 0.230 e. The van der Waals surface area contributed by atoms with Gasteiger partial charge in [0.1, 0.15) is 0 Å². The first-order valence-corrected chi connectivity index (χ1v) is 10.1. The Bertz CT molecular complexity index is 832. The molecule has 0 unspecified atom stereocenters. The molecule has 3 rings (SSSR count). The zero-order chi connectivity index (χ0) is 20.1. The Hall–Kier alpha value is -2.62. The van der Waals surface area contributed by atoms with Crippen LogP contribution in [-0.4, -0.2) is 48.8 Å². The van der Waals surface area contributed by atoms with E-state index in [-0.39, 0.29) is 11.8 Å². The van der Waals surface area contributed by atoms with E-state index in [2.05, 4.69) is 24.3 Å². The monoisotopic (exact) mass is 378 g/mol. The Balaban J connectivity index is 1.95. The van der Waals surface area contributed by atoms with Crippen LogP contribution in [0.15, 0.2) is 54.6 Å². The van der Waals surface area contributed by atoms with Crippen LogP contribution in [0.4, 0.5) is 0 Å². The summed E-state index contributed by atoms with van der Waals surface area (Å²) in [6.07, 6.45) is 2.74. The zero-order valence-electron chi connectivity index (χ0n) is 17.1. The Labute approximate surface area is 168 Å². The number of rotatable bonds is 6. The summed E-state index contributed by atoms with van der Waals surface area (Å²) < 4.78 is 0. The molecule has 2 aromatic rings. The number of benzene rings is 2. The minimum atomic E-state index is -0.558. The third-order valence-corrected chi connectivity index (χ3v) is 5.66. The largest absolute Gasteiger partial charge is 0.348 e. The normalized spacial score (nSPS) is 18.9. The topological polar surface area (TPSA) is 40.6 Å². The number of hydrogen-bond acceptors (Lipinski definition) is 2. The lowest BCUT2D eigenvalue weighted by Crippen LogP contribution is -2.44. The highest BCUT2D eigenvalue weighted by Gasteiger charge is 2.46. The van der Waals surface area contributed by atoms with Crippen LogP contribution in [0.25, 0.3) is 11.1 Å². The minimum absolute atomic E-state index is 0.113. The lowest BCUT2D eigenvalue weighted by atomic mass is 9.77. The average molecular weight is 379 g/mol. The summed E-state index contributed by atoms with van der Waals surface area (Å²) in [5, 5.41) is 0. The number of carbonyl (C=O) groups excluding carboxylic acids is 2. The molecule has 148 valence electrons.